The molecule has 0 bridgehead atoms. The number of carbonyl (C=O) groups is 1. The number of carboxylic acids is 1. The molecule has 0 saturated heterocycles. The molecule has 6 nitrogen and oxygen atoms in total. The first-order valence-corrected chi connectivity index (χ1v) is 6.94. The number of aromatic nitrogens is 4. The van der Waals surface area contributed by atoms with Crippen LogP contribution in [0.4, 0.5) is 0 Å². The van der Waals surface area contributed by atoms with Crippen molar-refractivity contribution < 1.29 is 9.90 Å². The third kappa shape index (κ3) is 2.13. The highest BCUT2D eigenvalue weighted by molar-refractivity contribution is 9.10. The average Bonchev–Trinajstić information content (AvgIpc) is 2.92. The number of hydrogen-bond acceptors (Lipinski definition) is 5. The first kappa shape index (κ1) is 12.2. The number of halogens is 1. The first-order valence-electron chi connectivity index (χ1n) is 5.27. The Kier molecular flexibility index (Phi) is 2.83. The predicted octanol–water partition coefficient (Wildman–Crippen LogP) is 2.62. The number of hydrogen-bond donors (Lipinski definition) is 1. The van der Waals surface area contributed by atoms with Crippen LogP contribution in [0.5, 0.6) is 0 Å². The molecule has 0 amide bonds. The van der Waals surface area contributed by atoms with Gasteiger partial charge in [-0.25, -0.2) is 9.78 Å². The van der Waals surface area contributed by atoms with Gasteiger partial charge < -0.3 is 5.11 Å². The zero-order valence-corrected chi connectivity index (χ0v) is 12.1. The molecule has 0 unspecified atom stereocenters. The van der Waals surface area contributed by atoms with Gasteiger partial charge in [0, 0.05) is 9.85 Å². The molecule has 0 aliphatic rings. The molecule has 96 valence electrons. The zero-order valence-electron chi connectivity index (χ0n) is 9.66. The van der Waals surface area contributed by atoms with Gasteiger partial charge in [0.1, 0.15) is 5.82 Å². The van der Waals surface area contributed by atoms with E-state index in [9.17, 15) is 4.79 Å². The topological polar surface area (TPSA) is 80.4 Å². The Hall–Kier alpha value is -1.80. The number of carboxylic acid groups (broad SMARTS) is 1. The molecule has 0 spiro atoms. The van der Waals surface area contributed by atoms with E-state index in [4.69, 9.17) is 5.11 Å². The van der Waals surface area contributed by atoms with Crippen molar-refractivity contribution >= 4 is 39.0 Å². The lowest BCUT2D eigenvalue weighted by atomic mass is 10.3. The van der Waals surface area contributed by atoms with E-state index < -0.39 is 5.97 Å². The molecule has 0 saturated carbocycles. The van der Waals surface area contributed by atoms with Crippen molar-refractivity contribution in [2.75, 3.05) is 0 Å². The van der Waals surface area contributed by atoms with Crippen molar-refractivity contribution in [2.24, 2.45) is 0 Å². The second-order valence-corrected chi connectivity index (χ2v) is 5.66. The molecule has 3 rings (SSSR count). The van der Waals surface area contributed by atoms with Crippen molar-refractivity contribution in [3.63, 3.8) is 0 Å². The molecule has 8 heteroatoms. The van der Waals surface area contributed by atoms with E-state index in [-0.39, 0.29) is 11.5 Å². The number of nitrogens with zero attached hydrogens (tertiary/aromatic N) is 4. The summed E-state index contributed by atoms with van der Waals surface area (Å²) >= 11 is 4.87. The highest BCUT2D eigenvalue weighted by atomic mass is 79.9. The van der Waals surface area contributed by atoms with Crippen LogP contribution in [0.1, 0.15) is 16.3 Å². The van der Waals surface area contributed by atoms with Crippen LogP contribution in [-0.2, 0) is 0 Å². The maximum absolute atomic E-state index is 11.1. The number of aryl methyl sites for hydroxylation is 1. The van der Waals surface area contributed by atoms with Gasteiger partial charge >= 0.3 is 5.97 Å². The number of thiophene rings is 1. The second-order valence-electron chi connectivity index (χ2n) is 3.83. The monoisotopic (exact) mass is 338 g/mol. The summed E-state index contributed by atoms with van der Waals surface area (Å²) in [6.45, 7) is 1.74. The fourth-order valence-corrected chi connectivity index (χ4v) is 3.13. The smallest absolute Gasteiger partial charge is 0.354 e. The van der Waals surface area contributed by atoms with Gasteiger partial charge in [0.25, 0.3) is 5.78 Å². The van der Waals surface area contributed by atoms with Crippen LogP contribution in [0.2, 0.25) is 0 Å². The zero-order chi connectivity index (χ0) is 13.6. The quantitative estimate of drug-likeness (QED) is 0.776. The van der Waals surface area contributed by atoms with Crippen molar-refractivity contribution in [1.29, 1.82) is 0 Å². The Balaban J connectivity index is 2.34. The van der Waals surface area contributed by atoms with E-state index in [1.807, 2.05) is 11.4 Å². The van der Waals surface area contributed by atoms with E-state index in [0.29, 0.717) is 11.5 Å². The number of rotatable bonds is 2. The summed E-state index contributed by atoms with van der Waals surface area (Å²) in [5.41, 5.74) is 0.623. The Bertz CT molecular complexity index is 795. The van der Waals surface area contributed by atoms with E-state index in [2.05, 4.69) is 31.0 Å². The van der Waals surface area contributed by atoms with Crippen molar-refractivity contribution in [3.8, 4) is 10.6 Å². The van der Waals surface area contributed by atoms with Crippen molar-refractivity contribution in [3.05, 3.63) is 33.5 Å². The Morgan fingerprint density at radius 1 is 1.42 bits per heavy atom. The van der Waals surface area contributed by atoms with Crippen LogP contribution in [-0.4, -0.2) is 30.7 Å². The van der Waals surface area contributed by atoms with Crippen LogP contribution in [0.25, 0.3) is 16.3 Å². The van der Waals surface area contributed by atoms with Crippen molar-refractivity contribution in [2.45, 2.75) is 6.92 Å². The second kappa shape index (κ2) is 4.39. The van der Waals surface area contributed by atoms with Gasteiger partial charge in [-0.2, -0.15) is 9.50 Å². The van der Waals surface area contributed by atoms with Gasteiger partial charge in [0.2, 0.25) is 0 Å². The lowest BCUT2D eigenvalue weighted by molar-refractivity contribution is 0.0690. The lowest BCUT2D eigenvalue weighted by Crippen LogP contribution is -2.05. The molecule has 0 aliphatic carbocycles. The minimum Gasteiger partial charge on any atom is -0.477 e. The van der Waals surface area contributed by atoms with E-state index in [1.54, 1.807) is 11.4 Å². The Labute approximate surface area is 119 Å². The Morgan fingerprint density at radius 3 is 2.84 bits per heavy atom. The maximum atomic E-state index is 11.1. The van der Waals surface area contributed by atoms with Gasteiger partial charge in [0.05, 0.1) is 10.6 Å². The summed E-state index contributed by atoms with van der Waals surface area (Å²) in [6.07, 6.45) is 0. The summed E-state index contributed by atoms with van der Waals surface area (Å²) in [6, 6.07) is 3.41. The SMILES string of the molecule is Cc1nc2nc(C(=O)O)cc(-c3cc(Br)cs3)n2n1. The molecule has 0 atom stereocenters. The van der Waals surface area contributed by atoms with Crippen LogP contribution in [0.15, 0.2) is 22.0 Å². The van der Waals surface area contributed by atoms with Crippen LogP contribution >= 0.6 is 27.3 Å². The van der Waals surface area contributed by atoms with E-state index >= 15 is 0 Å². The lowest BCUT2D eigenvalue weighted by Gasteiger charge is -2.02. The molecule has 0 radical (unpaired) electrons. The van der Waals surface area contributed by atoms with Crippen LogP contribution in [0.3, 0.4) is 0 Å². The third-order valence-electron chi connectivity index (χ3n) is 2.46. The Morgan fingerprint density at radius 2 is 2.21 bits per heavy atom. The van der Waals surface area contributed by atoms with Gasteiger partial charge in [-0.15, -0.1) is 16.4 Å². The minimum absolute atomic E-state index is 0.0422. The highest BCUT2D eigenvalue weighted by Crippen LogP contribution is 2.30. The first-order chi connectivity index (χ1) is 9.04. The standard InChI is InChI=1S/C11H7BrN4O2S/c1-5-13-11-14-7(10(17)18)3-8(16(11)15-5)9-2-6(12)4-19-9/h2-4H,1H3,(H,17,18). The fourth-order valence-electron chi connectivity index (χ4n) is 1.70. The molecule has 3 aromatic heterocycles. The summed E-state index contributed by atoms with van der Waals surface area (Å²) in [5, 5.41) is 15.3. The minimum atomic E-state index is -1.08. The maximum Gasteiger partial charge on any atom is 0.354 e. The van der Waals surface area contributed by atoms with Gasteiger partial charge in [-0.3, -0.25) is 0 Å². The van der Waals surface area contributed by atoms with Crippen LogP contribution in [0, 0.1) is 6.92 Å². The normalized spacial score (nSPS) is 11.1. The highest BCUT2D eigenvalue weighted by Gasteiger charge is 2.15. The van der Waals surface area contributed by atoms with Gasteiger partial charge in [-0.1, -0.05) is 0 Å². The molecule has 0 aliphatic heterocycles. The largest absolute Gasteiger partial charge is 0.477 e. The molecule has 0 aromatic carbocycles. The number of aromatic carboxylic acids is 1. The average molecular weight is 339 g/mol. The summed E-state index contributed by atoms with van der Waals surface area (Å²) in [4.78, 5) is 20.1. The van der Waals surface area contributed by atoms with Crippen LogP contribution < -0.4 is 0 Å². The number of fused-ring (bicyclic) bond motifs is 1. The van der Waals surface area contributed by atoms with Gasteiger partial charge in [0.15, 0.2) is 5.69 Å². The molecular weight excluding hydrogens is 332 g/mol. The molecular formula is C11H7BrN4O2S. The fraction of sp³-hybridized carbons (Fsp3) is 0.0909. The summed E-state index contributed by atoms with van der Waals surface area (Å²) < 4.78 is 2.49. The van der Waals surface area contributed by atoms with E-state index in [1.165, 1.54) is 17.4 Å². The molecule has 3 aromatic rings. The summed E-state index contributed by atoms with van der Waals surface area (Å²) in [7, 11) is 0. The van der Waals surface area contributed by atoms with Crippen molar-refractivity contribution in [1.82, 2.24) is 19.6 Å². The predicted molar refractivity (Wildman–Crippen MR) is 73.5 cm³/mol. The molecule has 19 heavy (non-hydrogen) atoms. The molecule has 1 N–H and O–H groups in total. The third-order valence-corrected chi connectivity index (χ3v) is 4.17. The van der Waals surface area contributed by atoms with E-state index in [0.717, 1.165) is 9.35 Å². The molecule has 3 heterocycles. The molecule has 0 fully saturated rings. The van der Waals surface area contributed by atoms with Gasteiger partial charge in [-0.05, 0) is 35.0 Å². The summed E-state index contributed by atoms with van der Waals surface area (Å²) in [5.74, 6) is -0.246.